The number of benzene rings is 1. The molecule has 0 bridgehead atoms. The highest BCUT2D eigenvalue weighted by atomic mass is 16.2. The van der Waals surface area contributed by atoms with Crippen molar-refractivity contribution in [3.8, 4) is 0 Å². The molecule has 3 heteroatoms. The number of nitrogens with zero attached hydrogens (tertiary/aromatic N) is 1. The van der Waals surface area contributed by atoms with Crippen molar-refractivity contribution in [3.63, 3.8) is 0 Å². The molecule has 1 N–H and O–H groups in total. The molecule has 1 heterocycles. The summed E-state index contributed by atoms with van der Waals surface area (Å²) in [5.41, 5.74) is 1.06. The molecule has 0 aliphatic carbocycles. The third-order valence-corrected chi connectivity index (χ3v) is 3.49. The lowest BCUT2D eigenvalue weighted by molar-refractivity contribution is -0.130. The topological polar surface area (TPSA) is 32.3 Å². The van der Waals surface area contributed by atoms with Crippen molar-refractivity contribution in [1.82, 2.24) is 10.2 Å². The summed E-state index contributed by atoms with van der Waals surface area (Å²) in [6.07, 6.45) is 1.18. The maximum atomic E-state index is 12.4. The number of carbonyl (C=O) groups is 1. The summed E-state index contributed by atoms with van der Waals surface area (Å²) in [5.74, 6) is 0.829. The molecule has 2 unspecified atom stereocenters. The third-order valence-electron chi connectivity index (χ3n) is 3.49. The van der Waals surface area contributed by atoms with Crippen molar-refractivity contribution in [2.24, 2.45) is 5.92 Å². The molecule has 1 saturated heterocycles. The van der Waals surface area contributed by atoms with Gasteiger partial charge in [0.15, 0.2) is 0 Å². The monoisotopic (exact) mass is 246 g/mol. The van der Waals surface area contributed by atoms with Gasteiger partial charge in [-0.25, -0.2) is 0 Å². The first-order valence-corrected chi connectivity index (χ1v) is 6.71. The van der Waals surface area contributed by atoms with E-state index in [2.05, 4.69) is 26.1 Å². The number of carbonyl (C=O) groups excluding carboxylic acids is 1. The van der Waals surface area contributed by atoms with Gasteiger partial charge in [0, 0.05) is 6.54 Å². The van der Waals surface area contributed by atoms with Gasteiger partial charge in [0.2, 0.25) is 5.91 Å². The zero-order chi connectivity index (χ0) is 13.1. The van der Waals surface area contributed by atoms with Gasteiger partial charge < -0.3 is 4.90 Å². The first kappa shape index (κ1) is 13.1. The van der Waals surface area contributed by atoms with E-state index in [1.807, 2.05) is 35.2 Å². The minimum absolute atomic E-state index is 0.126. The Hall–Kier alpha value is -1.35. The fourth-order valence-electron chi connectivity index (χ4n) is 2.34. The zero-order valence-electron chi connectivity index (χ0n) is 11.4. The first-order valence-electron chi connectivity index (χ1n) is 6.71. The highest BCUT2D eigenvalue weighted by Crippen LogP contribution is 2.24. The number of hydrogen-bond acceptors (Lipinski definition) is 2. The molecule has 2 atom stereocenters. The summed E-state index contributed by atoms with van der Waals surface area (Å²) in [6, 6.07) is 9.77. The quantitative estimate of drug-likeness (QED) is 0.885. The van der Waals surface area contributed by atoms with E-state index in [1.54, 1.807) is 0 Å². The predicted molar refractivity (Wildman–Crippen MR) is 72.9 cm³/mol. The molecular formula is C15H22N2O. The van der Waals surface area contributed by atoms with Crippen molar-refractivity contribution in [2.75, 3.05) is 6.54 Å². The number of amides is 1. The van der Waals surface area contributed by atoms with Gasteiger partial charge in [0.25, 0.3) is 0 Å². The van der Waals surface area contributed by atoms with E-state index in [0.717, 1.165) is 18.5 Å². The Labute approximate surface area is 109 Å². The number of hydrogen-bond donors (Lipinski definition) is 1. The van der Waals surface area contributed by atoms with Gasteiger partial charge in [-0.3, -0.25) is 10.1 Å². The largest absolute Gasteiger partial charge is 0.326 e. The van der Waals surface area contributed by atoms with Gasteiger partial charge in [-0.15, -0.1) is 0 Å². The van der Waals surface area contributed by atoms with Crippen LogP contribution in [0.15, 0.2) is 30.3 Å². The lowest BCUT2D eigenvalue weighted by Crippen LogP contribution is -2.35. The van der Waals surface area contributed by atoms with Crippen LogP contribution in [0.25, 0.3) is 0 Å². The Kier molecular flexibility index (Phi) is 4.02. The Morgan fingerprint density at radius 1 is 1.28 bits per heavy atom. The van der Waals surface area contributed by atoms with Crippen LogP contribution in [0, 0.1) is 5.92 Å². The molecule has 0 spiro atoms. The molecule has 1 aromatic rings. The van der Waals surface area contributed by atoms with Crippen molar-refractivity contribution in [1.29, 1.82) is 0 Å². The second-order valence-corrected chi connectivity index (χ2v) is 5.40. The van der Waals surface area contributed by atoms with Crippen molar-refractivity contribution >= 4 is 5.91 Å². The van der Waals surface area contributed by atoms with Crippen LogP contribution in [0.4, 0.5) is 0 Å². The molecular weight excluding hydrogens is 224 g/mol. The molecule has 0 radical (unpaired) electrons. The van der Waals surface area contributed by atoms with Gasteiger partial charge >= 0.3 is 0 Å². The highest BCUT2D eigenvalue weighted by molar-refractivity contribution is 5.85. The van der Waals surface area contributed by atoms with Crippen LogP contribution >= 0.6 is 0 Å². The Morgan fingerprint density at radius 3 is 2.56 bits per heavy atom. The smallest absolute Gasteiger partial charge is 0.245 e. The van der Waals surface area contributed by atoms with E-state index < -0.39 is 0 Å². The van der Waals surface area contributed by atoms with Crippen LogP contribution in [-0.4, -0.2) is 23.5 Å². The van der Waals surface area contributed by atoms with Crippen LogP contribution in [-0.2, 0) is 4.79 Å². The molecule has 1 fully saturated rings. The lowest BCUT2D eigenvalue weighted by atomic mass is 10.1. The minimum atomic E-state index is -0.173. The van der Waals surface area contributed by atoms with Crippen LogP contribution < -0.4 is 5.32 Å². The lowest BCUT2D eigenvalue weighted by Gasteiger charge is -2.21. The molecule has 18 heavy (non-hydrogen) atoms. The second kappa shape index (κ2) is 5.53. The zero-order valence-corrected chi connectivity index (χ0v) is 11.4. The standard InChI is InChI=1S/C15H22N2O/c1-11(2)9-10-17-12(3)16-14(15(17)18)13-7-5-4-6-8-13/h4-8,11-12,14,16H,9-10H2,1-3H3. The van der Waals surface area contributed by atoms with E-state index in [-0.39, 0.29) is 18.1 Å². The average molecular weight is 246 g/mol. The summed E-state index contributed by atoms with van der Waals surface area (Å²) < 4.78 is 0. The normalized spacial score (nSPS) is 24.0. The molecule has 1 amide bonds. The Bertz CT molecular complexity index is 402. The van der Waals surface area contributed by atoms with Gasteiger partial charge in [-0.2, -0.15) is 0 Å². The van der Waals surface area contributed by atoms with Crippen molar-refractivity contribution in [2.45, 2.75) is 39.4 Å². The van der Waals surface area contributed by atoms with Gasteiger partial charge in [-0.05, 0) is 24.8 Å². The van der Waals surface area contributed by atoms with Crippen molar-refractivity contribution in [3.05, 3.63) is 35.9 Å². The molecule has 1 aliphatic rings. The average Bonchev–Trinajstić information content (AvgIpc) is 2.63. The summed E-state index contributed by atoms with van der Waals surface area (Å²) >= 11 is 0. The van der Waals surface area contributed by atoms with Crippen LogP contribution in [0.5, 0.6) is 0 Å². The molecule has 1 aromatic carbocycles. The van der Waals surface area contributed by atoms with Crippen LogP contribution in [0.1, 0.15) is 38.8 Å². The molecule has 2 rings (SSSR count). The van der Waals surface area contributed by atoms with Gasteiger partial charge in [-0.1, -0.05) is 44.2 Å². The van der Waals surface area contributed by atoms with Crippen LogP contribution in [0.3, 0.4) is 0 Å². The SMILES string of the molecule is CC(C)CCN1C(=O)C(c2ccccc2)NC1C. The summed E-state index contributed by atoms with van der Waals surface area (Å²) in [5, 5.41) is 3.37. The summed E-state index contributed by atoms with van der Waals surface area (Å²) in [7, 11) is 0. The van der Waals surface area contributed by atoms with Gasteiger partial charge in [0.05, 0.1) is 6.17 Å². The van der Waals surface area contributed by atoms with E-state index in [1.165, 1.54) is 0 Å². The summed E-state index contributed by atoms with van der Waals surface area (Å²) in [6.45, 7) is 7.27. The fraction of sp³-hybridized carbons (Fsp3) is 0.533. The van der Waals surface area contributed by atoms with E-state index in [0.29, 0.717) is 5.92 Å². The minimum Gasteiger partial charge on any atom is -0.326 e. The third kappa shape index (κ3) is 2.72. The maximum Gasteiger partial charge on any atom is 0.245 e. The second-order valence-electron chi connectivity index (χ2n) is 5.40. The highest BCUT2D eigenvalue weighted by Gasteiger charge is 2.36. The predicted octanol–water partition coefficient (Wildman–Crippen LogP) is 2.55. The van der Waals surface area contributed by atoms with Crippen molar-refractivity contribution < 1.29 is 4.79 Å². The fourth-order valence-corrected chi connectivity index (χ4v) is 2.34. The molecule has 3 nitrogen and oxygen atoms in total. The summed E-state index contributed by atoms with van der Waals surface area (Å²) in [4.78, 5) is 14.3. The Morgan fingerprint density at radius 2 is 1.94 bits per heavy atom. The van der Waals surface area contributed by atoms with E-state index >= 15 is 0 Å². The molecule has 0 aromatic heterocycles. The molecule has 0 saturated carbocycles. The first-order chi connectivity index (χ1) is 8.59. The molecule has 1 aliphatic heterocycles. The van der Waals surface area contributed by atoms with Crippen LogP contribution in [0.2, 0.25) is 0 Å². The number of rotatable bonds is 4. The number of nitrogens with one attached hydrogen (secondary N) is 1. The van der Waals surface area contributed by atoms with E-state index in [4.69, 9.17) is 0 Å². The Balaban J connectivity index is 2.07. The van der Waals surface area contributed by atoms with E-state index in [9.17, 15) is 4.79 Å². The van der Waals surface area contributed by atoms with Gasteiger partial charge in [0.1, 0.15) is 6.04 Å². The maximum absolute atomic E-state index is 12.4. The molecule has 98 valence electrons.